The summed E-state index contributed by atoms with van der Waals surface area (Å²) < 4.78 is 6.81. The van der Waals surface area contributed by atoms with Crippen molar-refractivity contribution in [1.82, 2.24) is 4.98 Å². The number of pyridine rings is 1. The number of hydrogen-bond donors (Lipinski definition) is 1. The van der Waals surface area contributed by atoms with Crippen molar-refractivity contribution in [2.75, 3.05) is 0 Å². The summed E-state index contributed by atoms with van der Waals surface area (Å²) in [5.41, 5.74) is 7.06. The number of aromatic nitrogens is 1. The van der Waals surface area contributed by atoms with Crippen molar-refractivity contribution in [3.8, 4) is 5.75 Å². The first-order chi connectivity index (χ1) is 8.66. The van der Waals surface area contributed by atoms with E-state index in [1.165, 1.54) is 0 Å². The zero-order valence-electron chi connectivity index (χ0n) is 10.1. The Kier molecular flexibility index (Phi) is 4.33. The molecule has 2 atom stereocenters. The lowest BCUT2D eigenvalue weighted by Gasteiger charge is -2.22. The monoisotopic (exact) mass is 306 g/mol. The maximum atomic E-state index is 6.00. The second-order valence-corrected chi connectivity index (χ2v) is 5.06. The van der Waals surface area contributed by atoms with Crippen LogP contribution in [0.15, 0.2) is 53.3 Å². The summed E-state index contributed by atoms with van der Waals surface area (Å²) in [5.74, 6) is 0.704. The minimum atomic E-state index is -0.178. The zero-order valence-corrected chi connectivity index (χ0v) is 11.7. The van der Waals surface area contributed by atoms with E-state index in [1.54, 1.807) is 12.4 Å². The van der Waals surface area contributed by atoms with Gasteiger partial charge in [0.05, 0.1) is 6.20 Å². The first-order valence-corrected chi connectivity index (χ1v) is 6.54. The molecule has 1 heterocycles. The molecule has 0 bridgehead atoms. The minimum Gasteiger partial charge on any atom is -0.482 e. The molecular weight excluding hydrogens is 292 g/mol. The summed E-state index contributed by atoms with van der Waals surface area (Å²) in [6, 6.07) is 11.7. The molecule has 0 saturated heterocycles. The first-order valence-electron chi connectivity index (χ1n) is 5.74. The van der Waals surface area contributed by atoms with Crippen LogP contribution < -0.4 is 10.5 Å². The fourth-order valence-corrected chi connectivity index (χ4v) is 2.07. The number of nitrogens with zero attached hydrogens (tertiary/aromatic N) is 1. The molecule has 0 fully saturated rings. The predicted molar refractivity (Wildman–Crippen MR) is 75.4 cm³/mol. The molecule has 0 aliphatic heterocycles. The molecule has 1 aromatic carbocycles. The van der Waals surface area contributed by atoms with Crippen molar-refractivity contribution in [2.24, 2.45) is 5.73 Å². The Morgan fingerprint density at radius 3 is 2.56 bits per heavy atom. The van der Waals surface area contributed by atoms with E-state index < -0.39 is 0 Å². The average Bonchev–Trinajstić information content (AvgIpc) is 2.37. The fourth-order valence-electron chi connectivity index (χ4n) is 1.73. The van der Waals surface area contributed by atoms with E-state index >= 15 is 0 Å². The maximum Gasteiger partial charge on any atom is 0.139 e. The van der Waals surface area contributed by atoms with Crippen LogP contribution in [0.2, 0.25) is 0 Å². The van der Waals surface area contributed by atoms with Gasteiger partial charge in [-0.2, -0.15) is 0 Å². The SMILES string of the molecule is CC(N)C(Oc1cncc(Br)c1)c1ccccc1. The van der Waals surface area contributed by atoms with Crippen LogP contribution in [0.25, 0.3) is 0 Å². The molecule has 3 nitrogen and oxygen atoms in total. The van der Waals surface area contributed by atoms with Gasteiger partial charge >= 0.3 is 0 Å². The molecule has 0 radical (unpaired) electrons. The molecule has 0 aliphatic rings. The van der Waals surface area contributed by atoms with Crippen LogP contribution in [0.1, 0.15) is 18.6 Å². The van der Waals surface area contributed by atoms with Crippen molar-refractivity contribution in [3.63, 3.8) is 0 Å². The van der Waals surface area contributed by atoms with Crippen molar-refractivity contribution in [3.05, 3.63) is 58.8 Å². The van der Waals surface area contributed by atoms with Crippen molar-refractivity contribution >= 4 is 15.9 Å². The Labute approximate surface area is 115 Å². The molecule has 2 aromatic rings. The van der Waals surface area contributed by atoms with E-state index in [9.17, 15) is 0 Å². The third-order valence-corrected chi connectivity index (χ3v) is 2.98. The number of rotatable bonds is 4. The number of benzene rings is 1. The van der Waals surface area contributed by atoms with Crippen LogP contribution in [0, 0.1) is 0 Å². The van der Waals surface area contributed by atoms with Gasteiger partial charge in [0.2, 0.25) is 0 Å². The molecule has 4 heteroatoms. The van der Waals surface area contributed by atoms with E-state index in [0.29, 0.717) is 5.75 Å². The van der Waals surface area contributed by atoms with E-state index in [0.717, 1.165) is 10.0 Å². The van der Waals surface area contributed by atoms with Crippen LogP contribution in [0.4, 0.5) is 0 Å². The van der Waals surface area contributed by atoms with Gasteiger partial charge in [-0.25, -0.2) is 0 Å². The van der Waals surface area contributed by atoms with Gasteiger partial charge < -0.3 is 10.5 Å². The summed E-state index contributed by atoms with van der Waals surface area (Å²) in [5, 5.41) is 0. The highest BCUT2D eigenvalue weighted by Crippen LogP contribution is 2.25. The Morgan fingerprint density at radius 1 is 1.22 bits per heavy atom. The second kappa shape index (κ2) is 5.98. The van der Waals surface area contributed by atoms with E-state index in [2.05, 4.69) is 20.9 Å². The fraction of sp³-hybridized carbons (Fsp3) is 0.214. The molecule has 0 amide bonds. The molecule has 1 aromatic heterocycles. The largest absolute Gasteiger partial charge is 0.482 e. The normalized spacial score (nSPS) is 13.9. The molecule has 0 spiro atoms. The number of ether oxygens (including phenoxy) is 1. The Hall–Kier alpha value is -1.39. The summed E-state index contributed by atoms with van der Waals surface area (Å²) >= 11 is 3.37. The smallest absolute Gasteiger partial charge is 0.139 e. The number of halogens is 1. The van der Waals surface area contributed by atoms with Crippen LogP contribution in [-0.4, -0.2) is 11.0 Å². The van der Waals surface area contributed by atoms with Gasteiger partial charge in [0.1, 0.15) is 11.9 Å². The van der Waals surface area contributed by atoms with Gasteiger partial charge in [0.25, 0.3) is 0 Å². The van der Waals surface area contributed by atoms with Crippen LogP contribution in [-0.2, 0) is 0 Å². The van der Waals surface area contributed by atoms with Gasteiger partial charge in [0.15, 0.2) is 0 Å². The summed E-state index contributed by atoms with van der Waals surface area (Å²) in [6.45, 7) is 1.93. The van der Waals surface area contributed by atoms with E-state index in [-0.39, 0.29) is 12.1 Å². The summed E-state index contributed by atoms with van der Waals surface area (Å²) in [7, 11) is 0. The second-order valence-electron chi connectivity index (χ2n) is 4.15. The number of hydrogen-bond acceptors (Lipinski definition) is 3. The van der Waals surface area contributed by atoms with Gasteiger partial charge in [-0.05, 0) is 34.5 Å². The molecule has 18 heavy (non-hydrogen) atoms. The van der Waals surface area contributed by atoms with Gasteiger partial charge in [-0.1, -0.05) is 30.3 Å². The molecular formula is C14H15BrN2O. The Balaban J connectivity index is 2.22. The molecule has 2 rings (SSSR count). The van der Waals surface area contributed by atoms with Crippen LogP contribution in [0.5, 0.6) is 5.75 Å². The average molecular weight is 307 g/mol. The van der Waals surface area contributed by atoms with Crippen molar-refractivity contribution < 1.29 is 4.74 Å². The molecule has 0 saturated carbocycles. The van der Waals surface area contributed by atoms with Gasteiger partial charge in [0, 0.05) is 16.7 Å². The topological polar surface area (TPSA) is 48.1 Å². The summed E-state index contributed by atoms with van der Waals surface area (Å²) in [4.78, 5) is 4.08. The van der Waals surface area contributed by atoms with Gasteiger partial charge in [-0.15, -0.1) is 0 Å². The molecule has 2 unspecified atom stereocenters. The lowest BCUT2D eigenvalue weighted by Crippen LogP contribution is -2.29. The van der Waals surface area contributed by atoms with E-state index in [4.69, 9.17) is 10.5 Å². The third kappa shape index (κ3) is 3.31. The molecule has 94 valence electrons. The Bertz CT molecular complexity index is 502. The maximum absolute atomic E-state index is 6.00. The third-order valence-electron chi connectivity index (χ3n) is 2.55. The quantitative estimate of drug-likeness (QED) is 0.942. The molecule has 2 N–H and O–H groups in total. The predicted octanol–water partition coefficient (Wildman–Crippen LogP) is 3.31. The first kappa shape index (κ1) is 13.1. The van der Waals surface area contributed by atoms with Crippen LogP contribution in [0.3, 0.4) is 0 Å². The highest BCUT2D eigenvalue weighted by Gasteiger charge is 2.18. The minimum absolute atomic E-state index is 0.105. The Morgan fingerprint density at radius 2 is 1.94 bits per heavy atom. The summed E-state index contributed by atoms with van der Waals surface area (Å²) in [6.07, 6.45) is 3.22. The standard InChI is InChI=1S/C14H15BrN2O/c1-10(16)14(11-5-3-2-4-6-11)18-13-7-12(15)8-17-9-13/h2-10,14H,16H2,1H3. The van der Waals surface area contributed by atoms with Crippen molar-refractivity contribution in [2.45, 2.75) is 19.1 Å². The lowest BCUT2D eigenvalue weighted by atomic mass is 10.0. The molecule has 0 aliphatic carbocycles. The highest BCUT2D eigenvalue weighted by molar-refractivity contribution is 9.10. The number of nitrogens with two attached hydrogens (primary N) is 1. The lowest BCUT2D eigenvalue weighted by molar-refractivity contribution is 0.179. The van der Waals surface area contributed by atoms with Gasteiger partial charge in [-0.3, -0.25) is 4.98 Å². The van der Waals surface area contributed by atoms with Crippen molar-refractivity contribution in [1.29, 1.82) is 0 Å². The van der Waals surface area contributed by atoms with Crippen LogP contribution >= 0.6 is 15.9 Å². The zero-order chi connectivity index (χ0) is 13.0. The highest BCUT2D eigenvalue weighted by atomic mass is 79.9. The van der Waals surface area contributed by atoms with E-state index in [1.807, 2.05) is 43.3 Å².